The second-order valence-corrected chi connectivity index (χ2v) is 4.72. The van der Waals surface area contributed by atoms with Gasteiger partial charge in [0.05, 0.1) is 10.4 Å². The number of alkyl halides is 1. The van der Waals surface area contributed by atoms with Gasteiger partial charge in [0, 0.05) is 11.6 Å². The van der Waals surface area contributed by atoms with E-state index in [1.165, 1.54) is 24.3 Å². The Balaban J connectivity index is 2.20. The van der Waals surface area contributed by atoms with Crippen molar-refractivity contribution in [2.24, 2.45) is 0 Å². The van der Waals surface area contributed by atoms with Crippen molar-refractivity contribution in [1.29, 1.82) is 0 Å². The summed E-state index contributed by atoms with van der Waals surface area (Å²) < 4.78 is 18.3. The Hall–Kier alpha value is -1.39. The molecule has 0 radical (unpaired) electrons. The zero-order valence-electron chi connectivity index (χ0n) is 9.70. The van der Waals surface area contributed by atoms with Gasteiger partial charge in [0.25, 0.3) is 0 Å². The number of Topliss-reactive ketones (excluding diaryl/α,β-unsaturated/α-hetero) is 1. The minimum atomic E-state index is -0.330. The van der Waals surface area contributed by atoms with Crippen molar-refractivity contribution in [3.63, 3.8) is 0 Å². The molecule has 0 unspecified atom stereocenters. The lowest BCUT2D eigenvalue weighted by atomic mass is 10.1. The van der Waals surface area contributed by atoms with Crippen LogP contribution in [0.15, 0.2) is 42.5 Å². The Morgan fingerprint density at radius 1 is 1.16 bits per heavy atom. The molecule has 0 bridgehead atoms. The lowest BCUT2D eigenvalue weighted by Gasteiger charge is -2.07. The Bertz CT molecular complexity index is 599. The van der Waals surface area contributed by atoms with Crippen LogP contribution in [0.1, 0.15) is 10.4 Å². The highest BCUT2D eigenvalue weighted by atomic mass is 79.9. The van der Waals surface area contributed by atoms with Crippen LogP contribution in [0.5, 0.6) is 11.5 Å². The molecule has 0 saturated heterocycles. The summed E-state index contributed by atoms with van der Waals surface area (Å²) in [5.41, 5.74) is 0.435. The Morgan fingerprint density at radius 3 is 2.37 bits per heavy atom. The number of carbonyl (C=O) groups is 1. The van der Waals surface area contributed by atoms with Crippen LogP contribution >= 0.6 is 27.5 Å². The van der Waals surface area contributed by atoms with Crippen molar-refractivity contribution in [2.45, 2.75) is 0 Å². The molecule has 0 heterocycles. The number of rotatable bonds is 4. The zero-order valence-corrected chi connectivity index (χ0v) is 12.0. The summed E-state index contributed by atoms with van der Waals surface area (Å²) in [6.07, 6.45) is 0. The lowest BCUT2D eigenvalue weighted by molar-refractivity contribution is 0.102. The number of hydrogen-bond donors (Lipinski definition) is 0. The molecule has 2 aromatic rings. The fourth-order valence-corrected chi connectivity index (χ4v) is 2.07. The van der Waals surface area contributed by atoms with Crippen LogP contribution in [0.25, 0.3) is 0 Å². The van der Waals surface area contributed by atoms with Gasteiger partial charge in [-0.05, 0) is 36.4 Å². The van der Waals surface area contributed by atoms with Gasteiger partial charge in [-0.15, -0.1) is 0 Å². The highest BCUT2D eigenvalue weighted by Crippen LogP contribution is 2.27. The van der Waals surface area contributed by atoms with E-state index in [-0.39, 0.29) is 16.9 Å². The molecule has 5 heteroatoms. The average Bonchev–Trinajstić information content (AvgIpc) is 2.41. The van der Waals surface area contributed by atoms with Crippen molar-refractivity contribution in [1.82, 2.24) is 0 Å². The molecule has 0 spiro atoms. The van der Waals surface area contributed by atoms with Gasteiger partial charge >= 0.3 is 0 Å². The Kier molecular flexibility index (Phi) is 4.56. The number of benzene rings is 2. The van der Waals surface area contributed by atoms with Crippen LogP contribution in [0.3, 0.4) is 0 Å². The first kappa shape index (κ1) is 14.0. The van der Waals surface area contributed by atoms with E-state index >= 15 is 0 Å². The predicted octanol–water partition coefficient (Wildman–Crippen LogP) is 4.85. The standard InChI is InChI=1S/C14H9BrClFO2/c15-8-14(18)12-6-5-11(7-13(12)16)19-10-3-1-9(17)2-4-10/h1-7H,8H2. The van der Waals surface area contributed by atoms with Crippen LogP contribution in [-0.4, -0.2) is 11.1 Å². The molecule has 19 heavy (non-hydrogen) atoms. The summed E-state index contributed by atoms with van der Waals surface area (Å²) in [5.74, 6) is 0.557. The van der Waals surface area contributed by atoms with Crippen LogP contribution in [0.2, 0.25) is 5.02 Å². The molecule has 0 aliphatic heterocycles. The van der Waals surface area contributed by atoms with Crippen LogP contribution < -0.4 is 4.74 Å². The topological polar surface area (TPSA) is 26.3 Å². The summed E-state index contributed by atoms with van der Waals surface area (Å²) in [5, 5.41) is 0.536. The highest BCUT2D eigenvalue weighted by Gasteiger charge is 2.10. The van der Waals surface area contributed by atoms with E-state index in [4.69, 9.17) is 16.3 Å². The fraction of sp³-hybridized carbons (Fsp3) is 0.0714. The minimum Gasteiger partial charge on any atom is -0.457 e. The van der Waals surface area contributed by atoms with Gasteiger partial charge in [-0.25, -0.2) is 4.39 Å². The first-order chi connectivity index (χ1) is 9.10. The largest absolute Gasteiger partial charge is 0.457 e. The summed E-state index contributed by atoms with van der Waals surface area (Å²) in [6.45, 7) is 0. The number of ether oxygens (including phenoxy) is 1. The van der Waals surface area contributed by atoms with Gasteiger partial charge in [0.2, 0.25) is 0 Å². The number of carbonyl (C=O) groups excluding carboxylic acids is 1. The third-order valence-corrected chi connectivity index (χ3v) is 3.23. The maximum Gasteiger partial charge on any atom is 0.174 e. The molecule has 0 aromatic heterocycles. The SMILES string of the molecule is O=C(CBr)c1ccc(Oc2ccc(F)cc2)cc1Cl. The third-order valence-electron chi connectivity index (χ3n) is 2.41. The summed E-state index contributed by atoms with van der Waals surface area (Å²) >= 11 is 9.10. The molecule has 0 aliphatic carbocycles. The monoisotopic (exact) mass is 342 g/mol. The second-order valence-electron chi connectivity index (χ2n) is 3.75. The molecule has 0 amide bonds. The highest BCUT2D eigenvalue weighted by molar-refractivity contribution is 9.09. The van der Waals surface area contributed by atoms with Gasteiger partial charge in [0.15, 0.2) is 5.78 Å². The van der Waals surface area contributed by atoms with Gasteiger partial charge < -0.3 is 4.74 Å². The second kappa shape index (κ2) is 6.17. The van der Waals surface area contributed by atoms with Crippen molar-refractivity contribution >= 4 is 33.3 Å². The van der Waals surface area contributed by atoms with Crippen molar-refractivity contribution in [3.05, 3.63) is 58.9 Å². The van der Waals surface area contributed by atoms with Crippen molar-refractivity contribution in [3.8, 4) is 11.5 Å². The van der Waals surface area contributed by atoms with E-state index in [0.717, 1.165) is 0 Å². The van der Waals surface area contributed by atoms with E-state index in [0.29, 0.717) is 22.1 Å². The number of halogens is 3. The quantitative estimate of drug-likeness (QED) is 0.586. The van der Waals surface area contributed by atoms with Gasteiger partial charge in [-0.3, -0.25) is 4.79 Å². The molecule has 0 saturated carbocycles. The molecule has 0 fully saturated rings. The Morgan fingerprint density at radius 2 is 1.79 bits per heavy atom. The first-order valence-corrected chi connectivity index (χ1v) is 6.92. The minimum absolute atomic E-state index is 0.0988. The number of ketones is 1. The summed E-state index contributed by atoms with van der Waals surface area (Å²) in [6, 6.07) is 10.4. The van der Waals surface area contributed by atoms with Crippen LogP contribution in [0, 0.1) is 5.82 Å². The lowest BCUT2D eigenvalue weighted by Crippen LogP contribution is -2.00. The molecule has 0 atom stereocenters. The average molecular weight is 344 g/mol. The van der Waals surface area contributed by atoms with E-state index in [1.807, 2.05) is 0 Å². The summed E-state index contributed by atoms with van der Waals surface area (Å²) in [4.78, 5) is 11.5. The molecule has 2 aromatic carbocycles. The van der Waals surface area contributed by atoms with E-state index in [2.05, 4.69) is 15.9 Å². The van der Waals surface area contributed by atoms with Gasteiger partial charge in [-0.1, -0.05) is 27.5 Å². The normalized spacial score (nSPS) is 10.3. The summed E-state index contributed by atoms with van der Waals surface area (Å²) in [7, 11) is 0. The molecule has 2 rings (SSSR count). The molecule has 2 nitrogen and oxygen atoms in total. The van der Waals surface area contributed by atoms with Crippen LogP contribution in [-0.2, 0) is 0 Å². The van der Waals surface area contributed by atoms with Crippen LogP contribution in [0.4, 0.5) is 4.39 Å². The smallest absolute Gasteiger partial charge is 0.174 e. The number of hydrogen-bond acceptors (Lipinski definition) is 2. The molecule has 0 aliphatic rings. The fourth-order valence-electron chi connectivity index (χ4n) is 1.50. The first-order valence-electron chi connectivity index (χ1n) is 5.42. The van der Waals surface area contributed by atoms with Gasteiger partial charge in [0.1, 0.15) is 17.3 Å². The zero-order chi connectivity index (χ0) is 13.8. The van der Waals surface area contributed by atoms with Gasteiger partial charge in [-0.2, -0.15) is 0 Å². The molecular weight excluding hydrogens is 335 g/mol. The predicted molar refractivity (Wildman–Crippen MR) is 76.1 cm³/mol. The molecule has 0 N–H and O–H groups in total. The maximum absolute atomic E-state index is 12.8. The van der Waals surface area contributed by atoms with E-state index < -0.39 is 0 Å². The molecule has 98 valence electrons. The van der Waals surface area contributed by atoms with Crippen molar-refractivity contribution in [2.75, 3.05) is 5.33 Å². The van der Waals surface area contributed by atoms with Crippen molar-refractivity contribution < 1.29 is 13.9 Å². The van der Waals surface area contributed by atoms with E-state index in [9.17, 15) is 9.18 Å². The molecular formula is C14H9BrClFO2. The Labute approximate surface area is 123 Å². The maximum atomic E-state index is 12.8. The third kappa shape index (κ3) is 3.55. The van der Waals surface area contributed by atoms with E-state index in [1.54, 1.807) is 18.2 Å².